The molecule has 0 radical (unpaired) electrons. The van der Waals surface area contributed by atoms with Crippen LogP contribution >= 0.6 is 11.6 Å². The predicted molar refractivity (Wildman–Crippen MR) is 87.6 cm³/mol. The summed E-state index contributed by atoms with van der Waals surface area (Å²) >= 11 is 5.84. The van der Waals surface area contributed by atoms with Gasteiger partial charge in [-0.3, -0.25) is 14.2 Å². The van der Waals surface area contributed by atoms with Crippen LogP contribution < -0.4 is 5.32 Å². The second-order valence-electron chi connectivity index (χ2n) is 5.81. The van der Waals surface area contributed by atoms with Crippen molar-refractivity contribution in [2.45, 2.75) is 25.8 Å². The molecule has 1 aliphatic carbocycles. The van der Waals surface area contributed by atoms with Gasteiger partial charge in [-0.2, -0.15) is 4.39 Å². The minimum Gasteiger partial charge on any atom is -0.346 e. The largest absolute Gasteiger partial charge is 0.346 e. The summed E-state index contributed by atoms with van der Waals surface area (Å²) in [6.45, 7) is 0.285. The number of pyridine rings is 2. The summed E-state index contributed by atoms with van der Waals surface area (Å²) in [6.07, 6.45) is 6.29. The molecule has 3 heterocycles. The molecule has 0 aromatic carbocycles. The molecule has 0 saturated carbocycles. The van der Waals surface area contributed by atoms with E-state index in [2.05, 4.69) is 21.4 Å². The number of nitrogens with one attached hydrogen (secondary N) is 1. The van der Waals surface area contributed by atoms with Crippen LogP contribution in [0.5, 0.6) is 0 Å². The Balaban J connectivity index is 1.53. The van der Waals surface area contributed by atoms with Gasteiger partial charge in [0.2, 0.25) is 5.95 Å². The zero-order valence-corrected chi connectivity index (χ0v) is 13.5. The first kappa shape index (κ1) is 15.1. The van der Waals surface area contributed by atoms with Crippen molar-refractivity contribution >= 4 is 23.2 Å². The van der Waals surface area contributed by atoms with Crippen molar-refractivity contribution in [3.05, 3.63) is 64.1 Å². The monoisotopic (exact) mass is 344 g/mol. The number of amides is 1. The summed E-state index contributed by atoms with van der Waals surface area (Å²) < 4.78 is 15.5. The number of fused-ring (bicyclic) bond motifs is 2. The molecule has 0 atom stereocenters. The number of aromatic nitrogens is 3. The molecule has 0 bridgehead atoms. The normalized spacial score (nSPS) is 13.2. The lowest BCUT2D eigenvalue weighted by Crippen LogP contribution is -2.24. The maximum absolute atomic E-state index is 14.3. The van der Waals surface area contributed by atoms with E-state index < -0.39 is 11.9 Å². The molecule has 3 aromatic heterocycles. The molecule has 3 aromatic rings. The standard InChI is InChI=1S/C17H14ClFN4O/c18-12-4-5-14-22-15(16(19)23(14)9-12)17(24)21-8-10-6-11-2-1-3-13(11)20-7-10/h4-7,9H,1-3,8H2,(H,21,24). The molecule has 0 aliphatic heterocycles. The number of imidazole rings is 1. The van der Waals surface area contributed by atoms with Crippen LogP contribution in [0.1, 0.15) is 33.7 Å². The molecule has 7 heteroatoms. The molecule has 4 rings (SSSR count). The predicted octanol–water partition coefficient (Wildman–Crippen LogP) is 2.94. The first-order chi connectivity index (χ1) is 11.6. The zero-order valence-electron chi connectivity index (χ0n) is 12.7. The molecule has 0 fully saturated rings. The van der Waals surface area contributed by atoms with Crippen LogP contribution in [0.2, 0.25) is 5.02 Å². The van der Waals surface area contributed by atoms with Crippen molar-refractivity contribution in [3.63, 3.8) is 0 Å². The van der Waals surface area contributed by atoms with E-state index in [1.54, 1.807) is 18.3 Å². The van der Waals surface area contributed by atoms with Crippen LogP contribution in [0, 0.1) is 5.95 Å². The van der Waals surface area contributed by atoms with Gasteiger partial charge in [0.25, 0.3) is 5.91 Å². The van der Waals surface area contributed by atoms with Gasteiger partial charge in [0.05, 0.1) is 5.02 Å². The highest BCUT2D eigenvalue weighted by Gasteiger charge is 2.19. The Morgan fingerprint density at radius 2 is 2.25 bits per heavy atom. The van der Waals surface area contributed by atoms with Crippen LogP contribution in [0.4, 0.5) is 4.39 Å². The van der Waals surface area contributed by atoms with E-state index in [9.17, 15) is 9.18 Å². The quantitative estimate of drug-likeness (QED) is 0.794. The van der Waals surface area contributed by atoms with Crippen molar-refractivity contribution < 1.29 is 9.18 Å². The SMILES string of the molecule is O=C(NCc1cnc2c(c1)CCC2)c1nc2ccc(Cl)cn2c1F. The van der Waals surface area contributed by atoms with Gasteiger partial charge >= 0.3 is 0 Å². The van der Waals surface area contributed by atoms with E-state index in [0.29, 0.717) is 10.7 Å². The van der Waals surface area contributed by atoms with Gasteiger partial charge in [0.1, 0.15) is 5.65 Å². The first-order valence-corrected chi connectivity index (χ1v) is 8.07. The number of hydrogen-bond donors (Lipinski definition) is 1. The third kappa shape index (κ3) is 2.63. The van der Waals surface area contributed by atoms with Crippen molar-refractivity contribution in [1.82, 2.24) is 19.7 Å². The Morgan fingerprint density at radius 3 is 3.12 bits per heavy atom. The Morgan fingerprint density at radius 1 is 1.38 bits per heavy atom. The zero-order chi connectivity index (χ0) is 16.7. The Labute approximate surface area is 142 Å². The summed E-state index contributed by atoms with van der Waals surface area (Å²) in [4.78, 5) is 20.7. The van der Waals surface area contributed by atoms with Gasteiger partial charge in [0.15, 0.2) is 5.69 Å². The fourth-order valence-electron chi connectivity index (χ4n) is 2.97. The summed E-state index contributed by atoms with van der Waals surface area (Å²) in [7, 11) is 0. The third-order valence-corrected chi connectivity index (χ3v) is 4.39. The Kier molecular flexibility index (Phi) is 3.69. The number of aryl methyl sites for hydroxylation is 2. The lowest BCUT2D eigenvalue weighted by Gasteiger charge is -2.05. The van der Waals surface area contributed by atoms with Crippen LogP contribution in [0.25, 0.3) is 5.65 Å². The van der Waals surface area contributed by atoms with Gasteiger partial charge in [-0.25, -0.2) is 4.98 Å². The van der Waals surface area contributed by atoms with Crippen LogP contribution in [0.3, 0.4) is 0 Å². The molecule has 1 N–H and O–H groups in total. The van der Waals surface area contributed by atoms with Crippen LogP contribution in [0.15, 0.2) is 30.6 Å². The fourth-order valence-corrected chi connectivity index (χ4v) is 3.13. The summed E-state index contributed by atoms with van der Waals surface area (Å²) in [5.74, 6) is -1.29. The van der Waals surface area contributed by atoms with E-state index in [0.717, 1.165) is 34.9 Å². The van der Waals surface area contributed by atoms with E-state index >= 15 is 0 Å². The maximum atomic E-state index is 14.3. The lowest BCUT2D eigenvalue weighted by molar-refractivity contribution is 0.0942. The van der Waals surface area contributed by atoms with Crippen LogP contribution in [-0.4, -0.2) is 20.3 Å². The molecule has 0 saturated heterocycles. The maximum Gasteiger partial charge on any atom is 0.274 e. The third-order valence-electron chi connectivity index (χ3n) is 4.17. The Hall–Kier alpha value is -2.47. The van der Waals surface area contributed by atoms with Crippen molar-refractivity contribution in [3.8, 4) is 0 Å². The molecule has 24 heavy (non-hydrogen) atoms. The number of nitrogens with zero attached hydrogens (tertiary/aromatic N) is 3. The Bertz CT molecular complexity index is 953. The fraction of sp³-hybridized carbons (Fsp3) is 0.235. The van der Waals surface area contributed by atoms with Gasteiger partial charge in [0, 0.05) is 24.6 Å². The van der Waals surface area contributed by atoms with Gasteiger partial charge in [-0.1, -0.05) is 17.7 Å². The second-order valence-corrected chi connectivity index (χ2v) is 6.25. The second kappa shape index (κ2) is 5.87. The molecule has 5 nitrogen and oxygen atoms in total. The summed E-state index contributed by atoms with van der Waals surface area (Å²) in [5, 5.41) is 3.07. The van der Waals surface area contributed by atoms with E-state index in [1.807, 2.05) is 0 Å². The molecule has 0 spiro atoms. The van der Waals surface area contributed by atoms with Gasteiger partial charge < -0.3 is 5.32 Å². The smallest absolute Gasteiger partial charge is 0.274 e. The summed E-state index contributed by atoms with van der Waals surface area (Å²) in [5.41, 5.74) is 3.35. The van der Waals surface area contributed by atoms with Gasteiger partial charge in [-0.05, 0) is 42.5 Å². The molecule has 1 amide bonds. The number of carbonyl (C=O) groups excluding carboxylic acids is 1. The van der Waals surface area contributed by atoms with Gasteiger partial charge in [-0.15, -0.1) is 0 Å². The average Bonchev–Trinajstić information content (AvgIpc) is 3.17. The highest BCUT2D eigenvalue weighted by Crippen LogP contribution is 2.20. The molecule has 1 aliphatic rings. The number of carbonyl (C=O) groups is 1. The van der Waals surface area contributed by atoms with Crippen molar-refractivity contribution in [2.75, 3.05) is 0 Å². The highest BCUT2D eigenvalue weighted by molar-refractivity contribution is 6.30. The minimum absolute atomic E-state index is 0.244. The highest BCUT2D eigenvalue weighted by atomic mass is 35.5. The molecular weight excluding hydrogens is 331 g/mol. The number of rotatable bonds is 3. The molecular formula is C17H14ClFN4O. The minimum atomic E-state index is -0.725. The lowest BCUT2D eigenvalue weighted by atomic mass is 10.1. The van der Waals surface area contributed by atoms with E-state index in [4.69, 9.17) is 11.6 Å². The topological polar surface area (TPSA) is 59.3 Å². The first-order valence-electron chi connectivity index (χ1n) is 7.70. The van der Waals surface area contributed by atoms with Crippen LogP contribution in [-0.2, 0) is 19.4 Å². The summed E-state index contributed by atoms with van der Waals surface area (Å²) in [6, 6.07) is 5.21. The van der Waals surface area contributed by atoms with E-state index in [1.165, 1.54) is 11.8 Å². The number of hydrogen-bond acceptors (Lipinski definition) is 3. The van der Waals surface area contributed by atoms with Crippen molar-refractivity contribution in [2.24, 2.45) is 0 Å². The molecule has 122 valence electrons. The average molecular weight is 345 g/mol. The van der Waals surface area contributed by atoms with Crippen molar-refractivity contribution in [1.29, 1.82) is 0 Å². The van der Waals surface area contributed by atoms with E-state index in [-0.39, 0.29) is 12.2 Å². The number of halogens is 2. The molecule has 0 unspecified atom stereocenters.